The van der Waals surface area contributed by atoms with E-state index in [4.69, 9.17) is 28.2 Å². The predicted molar refractivity (Wildman–Crippen MR) is 120 cm³/mol. The standard InChI is InChI=1S/C22H17Cl2N3OS/c1-2-14-5-8-19-20(10-14)29-22(26-19)27(13-15-4-3-9-25-12-15)21(28)17-7-6-16(23)11-18(17)24/h3-12H,2,13H2,1H3. The molecule has 0 bridgehead atoms. The normalized spacial score (nSPS) is 11.0. The Balaban J connectivity index is 1.78. The van der Waals surface area contributed by atoms with Gasteiger partial charge in [-0.3, -0.25) is 14.7 Å². The number of rotatable bonds is 5. The third-order valence-corrected chi connectivity index (χ3v) is 6.14. The van der Waals surface area contributed by atoms with Gasteiger partial charge in [-0.15, -0.1) is 0 Å². The van der Waals surface area contributed by atoms with Crippen LogP contribution in [-0.4, -0.2) is 15.9 Å². The molecule has 0 fully saturated rings. The molecule has 0 aliphatic rings. The summed E-state index contributed by atoms with van der Waals surface area (Å²) >= 11 is 13.8. The number of nitrogens with zero attached hydrogens (tertiary/aromatic N) is 3. The van der Waals surface area contributed by atoms with Crippen LogP contribution in [0, 0.1) is 0 Å². The maximum absolute atomic E-state index is 13.4. The fourth-order valence-electron chi connectivity index (χ4n) is 3.00. The topological polar surface area (TPSA) is 46.1 Å². The van der Waals surface area contributed by atoms with Crippen LogP contribution < -0.4 is 4.90 Å². The number of pyridine rings is 1. The van der Waals surface area contributed by atoms with E-state index in [1.807, 2.05) is 18.2 Å². The largest absolute Gasteiger partial charge is 0.279 e. The van der Waals surface area contributed by atoms with Gasteiger partial charge in [-0.05, 0) is 53.9 Å². The summed E-state index contributed by atoms with van der Waals surface area (Å²) in [7, 11) is 0. The second-order valence-electron chi connectivity index (χ2n) is 6.53. The van der Waals surface area contributed by atoms with E-state index in [1.165, 1.54) is 16.9 Å². The Morgan fingerprint density at radius 3 is 2.69 bits per heavy atom. The summed E-state index contributed by atoms with van der Waals surface area (Å²) in [5, 5.41) is 1.42. The maximum Gasteiger partial charge on any atom is 0.261 e. The average Bonchev–Trinajstić information content (AvgIpc) is 3.15. The highest BCUT2D eigenvalue weighted by Crippen LogP contribution is 2.33. The van der Waals surface area contributed by atoms with Crippen LogP contribution in [0.2, 0.25) is 10.0 Å². The molecule has 4 nitrogen and oxygen atoms in total. The van der Waals surface area contributed by atoms with Gasteiger partial charge in [0.25, 0.3) is 5.91 Å². The van der Waals surface area contributed by atoms with Crippen molar-refractivity contribution in [2.24, 2.45) is 0 Å². The lowest BCUT2D eigenvalue weighted by atomic mass is 10.2. The summed E-state index contributed by atoms with van der Waals surface area (Å²) in [4.78, 5) is 23.9. The smallest absolute Gasteiger partial charge is 0.261 e. The SMILES string of the molecule is CCc1ccc2nc(N(Cc3cccnc3)C(=O)c3ccc(Cl)cc3Cl)sc2c1. The van der Waals surface area contributed by atoms with Gasteiger partial charge in [0, 0.05) is 17.4 Å². The fraction of sp³-hybridized carbons (Fsp3) is 0.136. The van der Waals surface area contributed by atoms with Crippen molar-refractivity contribution >= 4 is 55.8 Å². The van der Waals surface area contributed by atoms with Crippen LogP contribution >= 0.6 is 34.5 Å². The molecule has 0 saturated heterocycles. The lowest BCUT2D eigenvalue weighted by molar-refractivity contribution is 0.0985. The molecular formula is C22H17Cl2N3OS. The molecule has 4 rings (SSSR count). The van der Waals surface area contributed by atoms with Gasteiger partial charge in [-0.25, -0.2) is 4.98 Å². The Bertz CT molecular complexity index is 1180. The molecule has 7 heteroatoms. The van der Waals surface area contributed by atoms with Gasteiger partial charge in [0.15, 0.2) is 5.13 Å². The van der Waals surface area contributed by atoms with E-state index in [-0.39, 0.29) is 5.91 Å². The number of benzene rings is 2. The summed E-state index contributed by atoms with van der Waals surface area (Å²) in [6.07, 6.45) is 4.39. The number of thiazole rings is 1. The molecule has 4 aromatic rings. The van der Waals surface area contributed by atoms with Crippen LogP contribution in [0.4, 0.5) is 5.13 Å². The molecule has 0 N–H and O–H groups in total. The zero-order valence-electron chi connectivity index (χ0n) is 15.6. The summed E-state index contributed by atoms with van der Waals surface area (Å²) < 4.78 is 1.05. The quantitative estimate of drug-likeness (QED) is 0.359. The third kappa shape index (κ3) is 4.27. The number of hydrogen-bond acceptors (Lipinski definition) is 4. The number of amides is 1. The van der Waals surface area contributed by atoms with Crippen LogP contribution in [0.3, 0.4) is 0 Å². The molecule has 2 aromatic carbocycles. The van der Waals surface area contributed by atoms with Crippen LogP contribution in [0.25, 0.3) is 10.2 Å². The van der Waals surface area contributed by atoms with E-state index in [0.717, 1.165) is 22.2 Å². The number of hydrogen-bond donors (Lipinski definition) is 0. The Kier molecular flexibility index (Phi) is 5.81. The first kappa shape index (κ1) is 19.8. The van der Waals surface area contributed by atoms with E-state index >= 15 is 0 Å². The van der Waals surface area contributed by atoms with Crippen molar-refractivity contribution in [3.63, 3.8) is 0 Å². The molecule has 0 atom stereocenters. The second kappa shape index (κ2) is 8.49. The predicted octanol–water partition coefficient (Wildman–Crippen LogP) is 6.41. The lowest BCUT2D eigenvalue weighted by Gasteiger charge is -2.20. The monoisotopic (exact) mass is 441 g/mol. The molecule has 0 radical (unpaired) electrons. The van der Waals surface area contributed by atoms with Gasteiger partial charge < -0.3 is 0 Å². The lowest BCUT2D eigenvalue weighted by Crippen LogP contribution is -2.30. The minimum Gasteiger partial charge on any atom is -0.279 e. The summed E-state index contributed by atoms with van der Waals surface area (Å²) in [6, 6.07) is 14.8. The number of halogens is 2. The number of aryl methyl sites for hydroxylation is 1. The Morgan fingerprint density at radius 1 is 1.10 bits per heavy atom. The first-order valence-corrected chi connectivity index (χ1v) is 10.7. The van der Waals surface area contributed by atoms with E-state index in [0.29, 0.717) is 27.3 Å². The van der Waals surface area contributed by atoms with Crippen LogP contribution in [-0.2, 0) is 13.0 Å². The molecule has 29 heavy (non-hydrogen) atoms. The van der Waals surface area contributed by atoms with Crippen LogP contribution in [0.5, 0.6) is 0 Å². The Morgan fingerprint density at radius 2 is 1.97 bits per heavy atom. The molecule has 0 spiro atoms. The van der Waals surface area contributed by atoms with Crippen LogP contribution in [0.1, 0.15) is 28.4 Å². The van der Waals surface area contributed by atoms with E-state index < -0.39 is 0 Å². The molecule has 146 valence electrons. The minimum absolute atomic E-state index is 0.231. The van der Waals surface area contributed by atoms with E-state index in [2.05, 4.69) is 24.0 Å². The molecule has 0 saturated carbocycles. The van der Waals surface area contributed by atoms with Gasteiger partial charge in [0.05, 0.1) is 27.3 Å². The summed E-state index contributed by atoms with van der Waals surface area (Å²) in [5.41, 5.74) is 3.39. The number of carbonyl (C=O) groups is 1. The second-order valence-corrected chi connectivity index (χ2v) is 8.38. The molecule has 0 aliphatic heterocycles. The first-order chi connectivity index (χ1) is 14.0. The van der Waals surface area contributed by atoms with Crippen molar-refractivity contribution < 1.29 is 4.79 Å². The van der Waals surface area contributed by atoms with Gasteiger partial charge in [-0.1, -0.05) is 53.6 Å². The van der Waals surface area contributed by atoms with Crippen molar-refractivity contribution in [1.29, 1.82) is 0 Å². The maximum atomic E-state index is 13.4. The molecule has 2 heterocycles. The third-order valence-electron chi connectivity index (χ3n) is 4.55. The van der Waals surface area contributed by atoms with Gasteiger partial charge in [0.2, 0.25) is 0 Å². The number of anilines is 1. The number of aromatic nitrogens is 2. The van der Waals surface area contributed by atoms with Crippen molar-refractivity contribution in [2.45, 2.75) is 19.9 Å². The highest BCUT2D eigenvalue weighted by Gasteiger charge is 2.24. The average molecular weight is 442 g/mol. The van der Waals surface area contributed by atoms with Crippen molar-refractivity contribution in [3.8, 4) is 0 Å². The highest BCUT2D eigenvalue weighted by atomic mass is 35.5. The van der Waals surface area contributed by atoms with Gasteiger partial charge >= 0.3 is 0 Å². The molecule has 2 aromatic heterocycles. The fourth-order valence-corrected chi connectivity index (χ4v) is 4.52. The Labute approximate surface area is 182 Å². The molecule has 1 amide bonds. The first-order valence-electron chi connectivity index (χ1n) is 9.10. The number of carbonyl (C=O) groups excluding carboxylic acids is 1. The number of fused-ring (bicyclic) bond motifs is 1. The molecule has 0 unspecified atom stereocenters. The molecular weight excluding hydrogens is 425 g/mol. The van der Waals surface area contributed by atoms with Crippen molar-refractivity contribution in [3.05, 3.63) is 87.7 Å². The minimum atomic E-state index is -0.231. The van der Waals surface area contributed by atoms with Crippen LogP contribution in [0.15, 0.2) is 60.9 Å². The van der Waals surface area contributed by atoms with E-state index in [1.54, 1.807) is 35.5 Å². The zero-order valence-corrected chi connectivity index (χ0v) is 17.9. The van der Waals surface area contributed by atoms with Gasteiger partial charge in [-0.2, -0.15) is 0 Å². The Hall–Kier alpha value is -2.47. The van der Waals surface area contributed by atoms with Gasteiger partial charge in [0.1, 0.15) is 0 Å². The highest BCUT2D eigenvalue weighted by molar-refractivity contribution is 7.22. The summed E-state index contributed by atoms with van der Waals surface area (Å²) in [6.45, 7) is 2.45. The van der Waals surface area contributed by atoms with Crippen molar-refractivity contribution in [1.82, 2.24) is 9.97 Å². The molecule has 0 aliphatic carbocycles. The van der Waals surface area contributed by atoms with Crippen molar-refractivity contribution in [2.75, 3.05) is 4.90 Å². The zero-order chi connectivity index (χ0) is 20.4. The summed E-state index contributed by atoms with van der Waals surface area (Å²) in [5.74, 6) is -0.231. The van der Waals surface area contributed by atoms with E-state index in [9.17, 15) is 4.79 Å².